The quantitative estimate of drug-likeness (QED) is 0.651. The van der Waals surface area contributed by atoms with Gasteiger partial charge in [0, 0.05) is 29.6 Å². The molecular formula is C22H25ClN2O. The van der Waals surface area contributed by atoms with Gasteiger partial charge < -0.3 is 10.0 Å². The zero-order valence-electron chi connectivity index (χ0n) is 15.8. The molecular weight excluding hydrogens is 344 g/mol. The predicted octanol–water partition coefficient (Wildman–Crippen LogP) is 6.21. The van der Waals surface area contributed by atoms with Crippen molar-refractivity contribution in [2.45, 2.75) is 39.7 Å². The molecule has 1 heterocycles. The highest BCUT2D eigenvalue weighted by Gasteiger charge is 2.31. The number of allylic oxidation sites excluding steroid dienone is 1. The lowest BCUT2D eigenvalue weighted by molar-refractivity contribution is 0.477. The fourth-order valence-corrected chi connectivity index (χ4v) is 3.76. The van der Waals surface area contributed by atoms with Crippen LogP contribution in [-0.2, 0) is 0 Å². The van der Waals surface area contributed by atoms with Crippen LogP contribution >= 0.6 is 11.6 Å². The summed E-state index contributed by atoms with van der Waals surface area (Å²) in [5, 5.41) is 10.5. The summed E-state index contributed by atoms with van der Waals surface area (Å²) in [6.45, 7) is 9.77. The second kappa shape index (κ2) is 7.16. The number of phenolic OH excluding ortho intramolecular Hbond substituents is 1. The Morgan fingerprint density at radius 2 is 1.96 bits per heavy atom. The second-order valence-electron chi connectivity index (χ2n) is 7.27. The summed E-state index contributed by atoms with van der Waals surface area (Å²) in [4.78, 5) is 6.81. The zero-order valence-corrected chi connectivity index (χ0v) is 16.5. The molecule has 3 nitrogen and oxygen atoms in total. The molecule has 0 radical (unpaired) electrons. The molecule has 1 aliphatic rings. The van der Waals surface area contributed by atoms with E-state index in [0.29, 0.717) is 10.7 Å². The highest BCUT2D eigenvalue weighted by molar-refractivity contribution is 6.33. The lowest BCUT2D eigenvalue weighted by atomic mass is 9.88. The maximum absolute atomic E-state index is 9.88. The van der Waals surface area contributed by atoms with Crippen LogP contribution in [0.2, 0.25) is 5.02 Å². The van der Waals surface area contributed by atoms with Crippen LogP contribution in [-0.4, -0.2) is 23.4 Å². The summed E-state index contributed by atoms with van der Waals surface area (Å²) in [6, 6.07) is 11.1. The van der Waals surface area contributed by atoms with E-state index in [4.69, 9.17) is 11.6 Å². The average molecular weight is 369 g/mol. The number of rotatable bonds is 4. The van der Waals surface area contributed by atoms with Crippen LogP contribution in [0.5, 0.6) is 5.75 Å². The monoisotopic (exact) mass is 368 g/mol. The molecule has 1 aliphatic heterocycles. The van der Waals surface area contributed by atoms with Crippen molar-refractivity contribution >= 4 is 34.8 Å². The first-order chi connectivity index (χ1) is 12.3. The van der Waals surface area contributed by atoms with Crippen LogP contribution in [0.1, 0.15) is 45.2 Å². The molecule has 1 N–H and O–H groups in total. The summed E-state index contributed by atoms with van der Waals surface area (Å²) in [5.74, 6) is 0.157. The number of hydrogen-bond donors (Lipinski definition) is 1. The number of halogens is 1. The lowest BCUT2D eigenvalue weighted by Gasteiger charge is -2.43. The Labute approximate surface area is 160 Å². The number of benzene rings is 2. The smallest absolute Gasteiger partial charge is 0.141 e. The maximum atomic E-state index is 9.88. The molecule has 0 bridgehead atoms. The number of fused-ring (bicyclic) bond motifs is 1. The van der Waals surface area contributed by atoms with Gasteiger partial charge in [-0.15, -0.1) is 0 Å². The van der Waals surface area contributed by atoms with E-state index in [2.05, 4.69) is 49.7 Å². The lowest BCUT2D eigenvalue weighted by Crippen LogP contribution is -2.45. The number of nitrogens with zero attached hydrogens (tertiary/aromatic N) is 2. The van der Waals surface area contributed by atoms with Crippen LogP contribution < -0.4 is 4.90 Å². The van der Waals surface area contributed by atoms with Gasteiger partial charge in [-0.3, -0.25) is 4.99 Å². The van der Waals surface area contributed by atoms with Gasteiger partial charge in [-0.25, -0.2) is 0 Å². The Kier molecular flexibility index (Phi) is 5.10. The molecule has 0 saturated carbocycles. The minimum absolute atomic E-state index is 0.0398. The molecule has 4 heteroatoms. The molecule has 0 unspecified atom stereocenters. The van der Waals surface area contributed by atoms with Crippen molar-refractivity contribution in [3.63, 3.8) is 0 Å². The first kappa shape index (κ1) is 18.5. The van der Waals surface area contributed by atoms with Gasteiger partial charge in [-0.05, 0) is 57.0 Å². The largest absolute Gasteiger partial charge is 0.506 e. The Hall–Kier alpha value is -2.26. The van der Waals surface area contributed by atoms with Crippen LogP contribution in [0.4, 0.5) is 11.4 Å². The second-order valence-corrected chi connectivity index (χ2v) is 7.68. The fourth-order valence-electron chi connectivity index (χ4n) is 3.56. The van der Waals surface area contributed by atoms with Crippen LogP contribution in [0.15, 0.2) is 47.5 Å². The zero-order chi connectivity index (χ0) is 18.9. The summed E-state index contributed by atoms with van der Waals surface area (Å²) < 4.78 is 0. The van der Waals surface area contributed by atoms with Gasteiger partial charge in [0.2, 0.25) is 0 Å². The first-order valence-electron chi connectivity index (χ1n) is 8.96. The normalized spacial score (nSPS) is 15.9. The Bertz CT molecular complexity index is 884. The fraction of sp³-hybridized carbons (Fsp3) is 0.318. The van der Waals surface area contributed by atoms with E-state index >= 15 is 0 Å². The standard InChI is InChI=1S/C22H25ClN2O/c1-5-10-25-20-12-18(23)16(11-17(20)15(2)13-22(25,3)4)14-24-19-8-6-7-9-21(19)26/h6-9,11-14,26H,5,10H2,1-4H3. The molecule has 3 rings (SSSR count). The van der Waals surface area contributed by atoms with E-state index in [1.54, 1.807) is 24.4 Å². The van der Waals surface area contributed by atoms with Crippen molar-refractivity contribution in [1.29, 1.82) is 0 Å². The van der Waals surface area contributed by atoms with Gasteiger partial charge in [-0.2, -0.15) is 0 Å². The molecule has 136 valence electrons. The molecule has 26 heavy (non-hydrogen) atoms. The maximum Gasteiger partial charge on any atom is 0.141 e. The SMILES string of the molecule is CCCN1c2cc(Cl)c(C=Nc3ccccc3O)cc2C(C)=CC1(C)C. The van der Waals surface area contributed by atoms with Crippen molar-refractivity contribution < 1.29 is 5.11 Å². The third kappa shape index (κ3) is 3.49. The molecule has 0 amide bonds. The van der Waals surface area contributed by atoms with Crippen molar-refractivity contribution in [1.82, 2.24) is 0 Å². The van der Waals surface area contributed by atoms with Crippen molar-refractivity contribution in [2.24, 2.45) is 4.99 Å². The van der Waals surface area contributed by atoms with Gasteiger partial charge in [0.25, 0.3) is 0 Å². The van der Waals surface area contributed by atoms with Crippen LogP contribution in [0, 0.1) is 0 Å². The Balaban J connectivity index is 2.04. The molecule has 2 aromatic carbocycles. The number of anilines is 1. The molecule has 2 aromatic rings. The molecule has 0 spiro atoms. The van der Waals surface area contributed by atoms with E-state index in [0.717, 1.165) is 18.5 Å². The summed E-state index contributed by atoms with van der Waals surface area (Å²) in [5.41, 5.74) is 4.93. The third-order valence-corrected chi connectivity index (χ3v) is 5.10. The van der Waals surface area contributed by atoms with Crippen LogP contribution in [0.25, 0.3) is 5.57 Å². The molecule has 0 saturated heterocycles. The average Bonchev–Trinajstić information content (AvgIpc) is 2.58. The van der Waals surface area contributed by atoms with Gasteiger partial charge in [0.05, 0.1) is 10.6 Å². The Morgan fingerprint density at radius 1 is 1.23 bits per heavy atom. The van der Waals surface area contributed by atoms with Crippen molar-refractivity contribution in [3.05, 3.63) is 58.6 Å². The minimum atomic E-state index is -0.0398. The summed E-state index contributed by atoms with van der Waals surface area (Å²) in [6.07, 6.45) is 5.10. The number of hydrogen-bond acceptors (Lipinski definition) is 3. The van der Waals surface area contributed by atoms with Crippen LogP contribution in [0.3, 0.4) is 0 Å². The highest BCUT2D eigenvalue weighted by Crippen LogP contribution is 2.41. The predicted molar refractivity (Wildman–Crippen MR) is 112 cm³/mol. The van der Waals surface area contributed by atoms with Crippen molar-refractivity contribution in [2.75, 3.05) is 11.4 Å². The topological polar surface area (TPSA) is 35.8 Å². The molecule has 0 atom stereocenters. The van der Waals surface area contributed by atoms with Gasteiger partial charge in [-0.1, -0.05) is 36.7 Å². The van der Waals surface area contributed by atoms with E-state index in [-0.39, 0.29) is 11.3 Å². The molecule has 0 aliphatic carbocycles. The summed E-state index contributed by atoms with van der Waals surface area (Å²) in [7, 11) is 0. The van der Waals surface area contributed by atoms with E-state index < -0.39 is 0 Å². The van der Waals surface area contributed by atoms with Gasteiger partial charge >= 0.3 is 0 Å². The minimum Gasteiger partial charge on any atom is -0.506 e. The Morgan fingerprint density at radius 3 is 2.65 bits per heavy atom. The van der Waals surface area contributed by atoms with Gasteiger partial charge in [0.15, 0.2) is 0 Å². The van der Waals surface area contributed by atoms with Crippen molar-refractivity contribution in [3.8, 4) is 5.75 Å². The number of para-hydroxylation sites is 2. The number of aliphatic imine (C=N–C) groups is 1. The third-order valence-electron chi connectivity index (χ3n) is 4.77. The molecule has 0 aromatic heterocycles. The first-order valence-corrected chi connectivity index (χ1v) is 9.34. The van der Waals surface area contributed by atoms with E-state index in [9.17, 15) is 5.11 Å². The van der Waals surface area contributed by atoms with E-state index in [1.165, 1.54) is 16.8 Å². The summed E-state index contributed by atoms with van der Waals surface area (Å²) >= 11 is 6.57. The van der Waals surface area contributed by atoms with Gasteiger partial charge in [0.1, 0.15) is 11.4 Å². The number of aromatic hydroxyl groups is 1. The number of phenols is 1. The molecule has 0 fully saturated rings. The highest BCUT2D eigenvalue weighted by atomic mass is 35.5. The van der Waals surface area contributed by atoms with E-state index in [1.807, 2.05) is 12.1 Å².